The van der Waals surface area contributed by atoms with Gasteiger partial charge in [0.25, 0.3) is 0 Å². The van der Waals surface area contributed by atoms with E-state index >= 15 is 0 Å². The molecule has 13 heavy (non-hydrogen) atoms. The SMILES string of the molecule is O=Cc1ccc2c(c1)C(=O)OC2=O. The Balaban J connectivity index is 2.64. The molecule has 0 bridgehead atoms. The van der Waals surface area contributed by atoms with Crippen molar-refractivity contribution < 1.29 is 19.1 Å². The van der Waals surface area contributed by atoms with Crippen molar-refractivity contribution in [3.63, 3.8) is 0 Å². The fourth-order valence-electron chi connectivity index (χ4n) is 1.18. The number of hydrogen-bond acceptors (Lipinski definition) is 4. The first kappa shape index (κ1) is 7.67. The van der Waals surface area contributed by atoms with Crippen molar-refractivity contribution in [2.45, 2.75) is 0 Å². The number of carbonyl (C=O) groups excluding carboxylic acids is 3. The molecule has 0 aromatic heterocycles. The lowest BCUT2D eigenvalue weighted by Crippen LogP contribution is -1.96. The van der Waals surface area contributed by atoms with Gasteiger partial charge in [0.15, 0.2) is 0 Å². The van der Waals surface area contributed by atoms with Gasteiger partial charge in [-0.2, -0.15) is 0 Å². The zero-order valence-corrected chi connectivity index (χ0v) is 6.44. The third-order valence-corrected chi connectivity index (χ3v) is 1.80. The number of carbonyl (C=O) groups is 3. The normalized spacial score (nSPS) is 13.8. The van der Waals surface area contributed by atoms with E-state index in [4.69, 9.17) is 0 Å². The lowest BCUT2D eigenvalue weighted by atomic mass is 10.1. The number of esters is 2. The smallest absolute Gasteiger partial charge is 0.346 e. The van der Waals surface area contributed by atoms with Crippen LogP contribution in [0.4, 0.5) is 0 Å². The van der Waals surface area contributed by atoms with Crippen LogP contribution in [0.2, 0.25) is 0 Å². The molecular formula is C9H4O4. The summed E-state index contributed by atoms with van der Waals surface area (Å²) in [7, 11) is 0. The van der Waals surface area contributed by atoms with Crippen LogP contribution < -0.4 is 0 Å². The second-order valence-electron chi connectivity index (χ2n) is 2.60. The Labute approximate surface area is 73.1 Å². The topological polar surface area (TPSA) is 60.4 Å². The van der Waals surface area contributed by atoms with E-state index in [9.17, 15) is 14.4 Å². The first-order chi connectivity index (χ1) is 6.22. The van der Waals surface area contributed by atoms with E-state index in [2.05, 4.69) is 4.74 Å². The molecule has 0 radical (unpaired) electrons. The van der Waals surface area contributed by atoms with Gasteiger partial charge in [-0.3, -0.25) is 4.79 Å². The molecule has 0 saturated heterocycles. The molecule has 0 fully saturated rings. The van der Waals surface area contributed by atoms with Crippen LogP contribution >= 0.6 is 0 Å². The zero-order chi connectivity index (χ0) is 9.42. The number of aldehydes is 1. The van der Waals surface area contributed by atoms with Gasteiger partial charge in [0, 0.05) is 5.56 Å². The van der Waals surface area contributed by atoms with Gasteiger partial charge in [0.05, 0.1) is 11.1 Å². The predicted molar refractivity (Wildman–Crippen MR) is 41.6 cm³/mol. The monoisotopic (exact) mass is 176 g/mol. The van der Waals surface area contributed by atoms with E-state index in [1.807, 2.05) is 0 Å². The van der Waals surface area contributed by atoms with Crippen LogP contribution in [0.3, 0.4) is 0 Å². The number of ether oxygens (including phenoxy) is 1. The van der Waals surface area contributed by atoms with Gasteiger partial charge in [0.1, 0.15) is 6.29 Å². The van der Waals surface area contributed by atoms with Crippen LogP contribution in [0.15, 0.2) is 18.2 Å². The van der Waals surface area contributed by atoms with Crippen molar-refractivity contribution in [3.8, 4) is 0 Å². The summed E-state index contributed by atoms with van der Waals surface area (Å²) in [5.41, 5.74) is 0.732. The summed E-state index contributed by atoms with van der Waals surface area (Å²) in [5.74, 6) is -1.35. The van der Waals surface area contributed by atoms with E-state index in [0.717, 1.165) is 0 Å². The minimum absolute atomic E-state index is 0.162. The van der Waals surface area contributed by atoms with Crippen LogP contribution in [0.1, 0.15) is 31.1 Å². The molecule has 0 atom stereocenters. The average molecular weight is 176 g/mol. The van der Waals surface area contributed by atoms with Crippen LogP contribution in [0, 0.1) is 0 Å². The van der Waals surface area contributed by atoms with Crippen molar-refractivity contribution in [3.05, 3.63) is 34.9 Å². The third kappa shape index (κ3) is 1.03. The first-order valence-corrected chi connectivity index (χ1v) is 3.58. The van der Waals surface area contributed by atoms with Crippen molar-refractivity contribution in [1.29, 1.82) is 0 Å². The van der Waals surface area contributed by atoms with E-state index in [-0.39, 0.29) is 11.1 Å². The van der Waals surface area contributed by atoms with Crippen LogP contribution in [-0.4, -0.2) is 18.2 Å². The summed E-state index contributed by atoms with van der Waals surface area (Å²) in [6.45, 7) is 0. The highest BCUT2D eigenvalue weighted by Gasteiger charge is 2.29. The number of hydrogen-bond donors (Lipinski definition) is 0. The molecule has 0 amide bonds. The molecule has 0 spiro atoms. The standard InChI is InChI=1S/C9H4O4/c10-4-5-1-2-6-7(3-5)9(12)13-8(6)11/h1-4H. The molecule has 2 rings (SSSR count). The Morgan fingerprint density at radius 2 is 1.77 bits per heavy atom. The van der Waals surface area contributed by atoms with Crippen LogP contribution in [0.25, 0.3) is 0 Å². The van der Waals surface area contributed by atoms with E-state index in [1.165, 1.54) is 18.2 Å². The number of cyclic esters (lactones) is 2. The Hall–Kier alpha value is -1.97. The summed E-state index contributed by atoms with van der Waals surface area (Å²) < 4.78 is 4.34. The lowest BCUT2D eigenvalue weighted by molar-refractivity contribution is 0.0443. The van der Waals surface area contributed by atoms with Crippen LogP contribution in [-0.2, 0) is 4.74 Å². The third-order valence-electron chi connectivity index (χ3n) is 1.80. The zero-order valence-electron chi connectivity index (χ0n) is 6.44. The molecule has 0 N–H and O–H groups in total. The molecule has 4 nitrogen and oxygen atoms in total. The summed E-state index contributed by atoms with van der Waals surface area (Å²) >= 11 is 0. The van der Waals surface area contributed by atoms with Crippen LogP contribution in [0.5, 0.6) is 0 Å². The average Bonchev–Trinajstić information content (AvgIpc) is 2.42. The van der Waals surface area contributed by atoms with Gasteiger partial charge in [-0.05, 0) is 12.1 Å². The molecule has 4 heteroatoms. The maximum Gasteiger partial charge on any atom is 0.346 e. The molecule has 0 saturated carbocycles. The Kier molecular flexibility index (Phi) is 1.48. The highest BCUT2D eigenvalue weighted by molar-refractivity contribution is 6.15. The maximum absolute atomic E-state index is 11.0. The highest BCUT2D eigenvalue weighted by atomic mass is 16.6. The highest BCUT2D eigenvalue weighted by Crippen LogP contribution is 2.20. The second kappa shape index (κ2) is 2.52. The molecule has 0 aliphatic carbocycles. The number of fused-ring (bicyclic) bond motifs is 1. The van der Waals surface area contributed by atoms with Gasteiger partial charge >= 0.3 is 11.9 Å². The van der Waals surface area contributed by atoms with E-state index in [0.29, 0.717) is 11.8 Å². The van der Waals surface area contributed by atoms with Crippen molar-refractivity contribution in [2.24, 2.45) is 0 Å². The molecule has 1 aromatic rings. The molecule has 1 aliphatic heterocycles. The van der Waals surface area contributed by atoms with Gasteiger partial charge < -0.3 is 4.74 Å². The predicted octanol–water partition coefficient (Wildman–Crippen LogP) is 0.810. The minimum atomic E-state index is -0.691. The fraction of sp³-hybridized carbons (Fsp3) is 0. The Morgan fingerprint density at radius 3 is 2.46 bits per heavy atom. The van der Waals surface area contributed by atoms with Gasteiger partial charge in [0.2, 0.25) is 0 Å². The Morgan fingerprint density at radius 1 is 1.08 bits per heavy atom. The van der Waals surface area contributed by atoms with Crippen molar-refractivity contribution in [1.82, 2.24) is 0 Å². The quantitative estimate of drug-likeness (QED) is 0.361. The van der Waals surface area contributed by atoms with Gasteiger partial charge in [-0.25, -0.2) is 9.59 Å². The van der Waals surface area contributed by atoms with Gasteiger partial charge in [-0.15, -0.1) is 0 Å². The summed E-state index contributed by atoms with van der Waals surface area (Å²) in [5, 5.41) is 0. The van der Waals surface area contributed by atoms with Gasteiger partial charge in [-0.1, -0.05) is 6.07 Å². The summed E-state index contributed by atoms with van der Waals surface area (Å²) in [4.78, 5) is 32.3. The van der Waals surface area contributed by atoms with E-state index in [1.54, 1.807) is 0 Å². The first-order valence-electron chi connectivity index (χ1n) is 3.58. The molecule has 1 aromatic carbocycles. The fourth-order valence-corrected chi connectivity index (χ4v) is 1.18. The van der Waals surface area contributed by atoms with E-state index < -0.39 is 11.9 Å². The number of benzene rings is 1. The summed E-state index contributed by atoms with van der Waals surface area (Å²) in [6.07, 6.45) is 0.607. The molecule has 1 heterocycles. The Bertz CT molecular complexity index is 420. The number of rotatable bonds is 1. The lowest BCUT2D eigenvalue weighted by Gasteiger charge is -1.91. The largest absolute Gasteiger partial charge is 0.386 e. The second-order valence-corrected chi connectivity index (χ2v) is 2.60. The maximum atomic E-state index is 11.0. The molecule has 0 unspecified atom stereocenters. The molecular weight excluding hydrogens is 172 g/mol. The molecule has 64 valence electrons. The van der Waals surface area contributed by atoms with Crippen molar-refractivity contribution >= 4 is 18.2 Å². The summed E-state index contributed by atoms with van der Waals surface area (Å²) in [6, 6.07) is 4.22. The van der Waals surface area contributed by atoms with Crippen molar-refractivity contribution in [2.75, 3.05) is 0 Å². The minimum Gasteiger partial charge on any atom is -0.386 e. The molecule has 1 aliphatic rings.